The Morgan fingerprint density at radius 1 is 0.795 bits per heavy atom. The normalized spacial score (nSPS) is 9.79. The molecule has 0 atom stereocenters. The van der Waals surface area contributed by atoms with E-state index in [4.69, 9.17) is 4.74 Å². The number of urea groups is 1. The molecule has 1 rings (SSSR count). The summed E-state index contributed by atoms with van der Waals surface area (Å²) in [7, 11) is 1.55. The summed E-state index contributed by atoms with van der Waals surface area (Å²) in [6.07, 6.45) is 4.06. The third-order valence-electron chi connectivity index (χ3n) is 5.19. The smallest absolute Gasteiger partial charge is 0.648 e. The number of nitrogens with one attached hydrogen (secondary N) is 3. The van der Waals surface area contributed by atoms with Crippen LogP contribution in [-0.4, -0.2) is 69.4 Å². The second-order valence-electron chi connectivity index (χ2n) is 8.51. The van der Waals surface area contributed by atoms with Gasteiger partial charge in [-0.3, -0.25) is 14.4 Å². The fourth-order valence-corrected chi connectivity index (χ4v) is 3.11. The van der Waals surface area contributed by atoms with E-state index in [1.165, 1.54) is 0 Å². The molecule has 13 heteroatoms. The van der Waals surface area contributed by atoms with Crippen molar-refractivity contribution in [3.8, 4) is 0 Å². The maximum Gasteiger partial charge on any atom is 1.00 e. The Bertz CT molecular complexity index is 871. The van der Waals surface area contributed by atoms with Gasteiger partial charge in [-0.2, -0.15) is 0 Å². The summed E-state index contributed by atoms with van der Waals surface area (Å²) in [4.78, 5) is 57.4. The van der Waals surface area contributed by atoms with E-state index in [0.717, 1.165) is 30.4 Å². The van der Waals surface area contributed by atoms with Crippen molar-refractivity contribution in [2.75, 3.05) is 39.9 Å². The molecule has 0 bridgehead atoms. The average molecular weight is 689 g/mol. The van der Waals surface area contributed by atoms with Crippen molar-refractivity contribution in [1.82, 2.24) is 16.0 Å². The van der Waals surface area contributed by atoms with Crippen molar-refractivity contribution in [2.45, 2.75) is 58.4 Å². The minimum absolute atomic E-state index is 0. The number of ketones is 1. The van der Waals surface area contributed by atoms with E-state index in [0.29, 0.717) is 32.5 Å². The first-order valence-corrected chi connectivity index (χ1v) is 12.6. The van der Waals surface area contributed by atoms with Crippen LogP contribution in [0, 0.1) is 0 Å². The quantitative estimate of drug-likeness (QED) is 0.128. The van der Waals surface area contributed by atoms with Gasteiger partial charge in [0.2, 0.25) is 11.8 Å². The maximum atomic E-state index is 11.9. The molecule has 0 saturated carbocycles. The van der Waals surface area contributed by atoms with Gasteiger partial charge in [-0.25, -0.2) is 0 Å². The molecule has 1 aromatic carbocycles. The minimum Gasteiger partial charge on any atom is -0.648 e. The molecule has 0 aromatic heterocycles. The Balaban J connectivity index is 0. The fourth-order valence-electron chi connectivity index (χ4n) is 3.11. The number of amides is 5. The Morgan fingerprint density at radius 3 is 2.15 bits per heavy atom. The first-order valence-electron chi connectivity index (χ1n) is 12.6. The van der Waals surface area contributed by atoms with Crippen LogP contribution in [0.1, 0.15) is 56.6 Å². The SMILES string of the molecule is CNC(=O)CCNC(=O)Cc1ccc(C[N-]C(=O)COCCC[N-]C(=O)NCCCCCC(C)=O)cc1.[Rb+].[Rb+]. The van der Waals surface area contributed by atoms with Crippen LogP contribution in [0.2, 0.25) is 0 Å². The summed E-state index contributed by atoms with van der Waals surface area (Å²) in [5.74, 6) is -0.493. The molecule has 0 aliphatic heterocycles. The molecule has 39 heavy (non-hydrogen) atoms. The van der Waals surface area contributed by atoms with E-state index in [-0.39, 0.29) is 178 Å². The maximum absolute atomic E-state index is 11.9. The number of benzene rings is 1. The van der Waals surface area contributed by atoms with E-state index in [1.807, 2.05) is 12.1 Å². The molecular formula is C26H39N5O6Rb2. The van der Waals surface area contributed by atoms with E-state index < -0.39 is 0 Å². The molecule has 206 valence electrons. The van der Waals surface area contributed by atoms with Crippen molar-refractivity contribution < 1.29 is 145 Å². The molecule has 0 fully saturated rings. The Kier molecular flexibility index (Phi) is 28.6. The molecule has 0 radical (unpaired) electrons. The molecule has 0 heterocycles. The first kappa shape index (κ1) is 41.3. The number of carbonyl (C=O) groups excluding carboxylic acids is 5. The molecule has 0 unspecified atom stereocenters. The molecule has 0 aliphatic rings. The van der Waals surface area contributed by atoms with Crippen molar-refractivity contribution in [2.24, 2.45) is 0 Å². The Labute approximate surface area is 329 Å². The van der Waals surface area contributed by atoms with Gasteiger partial charge in [-0.05, 0) is 31.9 Å². The predicted molar refractivity (Wildman–Crippen MR) is 140 cm³/mol. The van der Waals surface area contributed by atoms with Crippen LogP contribution in [0.3, 0.4) is 0 Å². The molecule has 11 nitrogen and oxygen atoms in total. The Morgan fingerprint density at radius 2 is 1.49 bits per heavy atom. The van der Waals surface area contributed by atoms with Gasteiger partial charge in [0, 0.05) is 33.0 Å². The average Bonchev–Trinajstić information content (AvgIpc) is 2.87. The molecule has 3 N–H and O–H groups in total. The van der Waals surface area contributed by atoms with Gasteiger partial charge < -0.3 is 40.9 Å². The van der Waals surface area contributed by atoms with Gasteiger partial charge >= 0.3 is 116 Å². The topological polar surface area (TPSA) is 159 Å². The summed E-state index contributed by atoms with van der Waals surface area (Å²) in [6.45, 7) is 3.07. The van der Waals surface area contributed by atoms with Gasteiger partial charge in [0.1, 0.15) is 5.78 Å². The molecule has 5 amide bonds. The zero-order valence-corrected chi connectivity index (χ0v) is 33.7. The summed E-state index contributed by atoms with van der Waals surface area (Å²) >= 11 is 0. The minimum atomic E-state index is -0.376. The number of carbonyl (C=O) groups is 5. The second-order valence-corrected chi connectivity index (χ2v) is 8.51. The van der Waals surface area contributed by atoms with Crippen molar-refractivity contribution >= 4 is 29.5 Å². The number of rotatable bonds is 19. The number of nitrogens with zero attached hydrogens (tertiary/aromatic N) is 2. The first-order chi connectivity index (χ1) is 17.8. The Hall–Kier alpha value is 0.140. The van der Waals surface area contributed by atoms with Crippen LogP contribution in [0.4, 0.5) is 4.79 Å². The monoisotopic (exact) mass is 687 g/mol. The van der Waals surface area contributed by atoms with Gasteiger partial charge in [-0.15, -0.1) is 6.54 Å². The molecular weight excluding hydrogens is 649 g/mol. The van der Waals surface area contributed by atoms with E-state index in [2.05, 4.69) is 26.6 Å². The van der Waals surface area contributed by atoms with Gasteiger partial charge in [0.05, 0.1) is 18.9 Å². The van der Waals surface area contributed by atoms with Crippen LogP contribution in [-0.2, 0) is 36.9 Å². The largest absolute Gasteiger partial charge is 1.00 e. The molecule has 0 aliphatic carbocycles. The summed E-state index contributed by atoms with van der Waals surface area (Å²) in [5, 5.41) is 15.7. The number of unbranched alkanes of at least 4 members (excludes halogenated alkanes) is 2. The van der Waals surface area contributed by atoms with Crippen LogP contribution in [0.25, 0.3) is 10.6 Å². The molecule has 0 saturated heterocycles. The third-order valence-corrected chi connectivity index (χ3v) is 5.19. The van der Waals surface area contributed by atoms with Gasteiger partial charge in [-0.1, -0.05) is 49.2 Å². The van der Waals surface area contributed by atoms with Gasteiger partial charge in [0.15, 0.2) is 6.03 Å². The van der Waals surface area contributed by atoms with Crippen LogP contribution in [0.5, 0.6) is 0 Å². The summed E-state index contributed by atoms with van der Waals surface area (Å²) < 4.78 is 5.30. The number of Topliss-reactive ketones (excluding diaryl/α,β-unsaturated/α-hetero) is 1. The van der Waals surface area contributed by atoms with Crippen molar-refractivity contribution in [3.63, 3.8) is 0 Å². The zero-order chi connectivity index (χ0) is 27.3. The van der Waals surface area contributed by atoms with Crippen LogP contribution in [0.15, 0.2) is 24.3 Å². The predicted octanol–water partition coefficient (Wildman–Crippen LogP) is -3.47. The molecule has 1 aromatic rings. The van der Waals surface area contributed by atoms with Crippen molar-refractivity contribution in [3.05, 3.63) is 46.0 Å². The number of ether oxygens (including phenoxy) is 1. The fraction of sp³-hybridized carbons (Fsp3) is 0.577. The van der Waals surface area contributed by atoms with Crippen LogP contribution >= 0.6 is 0 Å². The van der Waals surface area contributed by atoms with E-state index in [9.17, 15) is 24.0 Å². The van der Waals surface area contributed by atoms with Crippen molar-refractivity contribution in [1.29, 1.82) is 0 Å². The second kappa shape index (κ2) is 27.0. The zero-order valence-electron chi connectivity index (χ0n) is 23.8. The molecule has 0 spiro atoms. The van der Waals surface area contributed by atoms with E-state index >= 15 is 0 Å². The van der Waals surface area contributed by atoms with Crippen LogP contribution < -0.4 is 132 Å². The standard InChI is InChI=1S/C26H41N5O6.2Rb/c1-20(32)7-4-3-5-13-29-26(36)30-14-6-16-37-19-25(35)31-18-22-10-8-21(9-11-22)17-24(34)28-15-12-23(33)27-2;;/h8-11H,3-7,12-19H2,1-2H3,(H5,27,28,29,30,31,33,34,35,36);;/q;2*+1/p-2. The van der Waals surface area contributed by atoms with E-state index in [1.54, 1.807) is 26.1 Å². The summed E-state index contributed by atoms with van der Waals surface area (Å²) in [6, 6.07) is 6.86. The third kappa shape index (κ3) is 24.4. The number of hydrogen-bond acceptors (Lipinski definition) is 6. The number of hydrogen-bond donors (Lipinski definition) is 3. The van der Waals surface area contributed by atoms with Gasteiger partial charge in [0.25, 0.3) is 0 Å². The summed E-state index contributed by atoms with van der Waals surface area (Å²) in [5.41, 5.74) is 1.65.